The van der Waals surface area contributed by atoms with Gasteiger partial charge in [-0.3, -0.25) is 9.59 Å². The van der Waals surface area contributed by atoms with Crippen molar-refractivity contribution in [2.75, 3.05) is 6.61 Å². The molecule has 0 aliphatic rings. The quantitative estimate of drug-likeness (QED) is 0.0659. The number of ether oxygens (including phenoxy) is 2. The standard InChI is InChI=1S/C32H62O4/c1-6-10-12-14-15-16-17-18-19-20-21-22-23-24-26-28-35-30(33)32(8-3,9-4)31(34)36-29(5)27-25-13-11-7-2/h29H,6-28H2,1-5H3. The van der Waals surface area contributed by atoms with Gasteiger partial charge >= 0.3 is 11.9 Å². The Morgan fingerprint density at radius 1 is 0.556 bits per heavy atom. The van der Waals surface area contributed by atoms with Crippen LogP contribution in [0.15, 0.2) is 0 Å². The van der Waals surface area contributed by atoms with E-state index in [1.54, 1.807) is 0 Å². The van der Waals surface area contributed by atoms with Gasteiger partial charge in [0.2, 0.25) is 0 Å². The zero-order valence-corrected chi connectivity index (χ0v) is 25.0. The van der Waals surface area contributed by atoms with Crippen LogP contribution in [0.1, 0.15) is 176 Å². The number of esters is 2. The highest BCUT2D eigenvalue weighted by molar-refractivity contribution is 6.00. The van der Waals surface area contributed by atoms with E-state index >= 15 is 0 Å². The number of carbonyl (C=O) groups is 2. The molecule has 214 valence electrons. The fourth-order valence-corrected chi connectivity index (χ4v) is 4.90. The molecule has 0 aromatic heterocycles. The molecule has 0 radical (unpaired) electrons. The average Bonchev–Trinajstić information content (AvgIpc) is 2.87. The summed E-state index contributed by atoms with van der Waals surface area (Å²) < 4.78 is 11.3. The summed E-state index contributed by atoms with van der Waals surface area (Å²) in [7, 11) is 0. The van der Waals surface area contributed by atoms with Crippen molar-refractivity contribution in [3.05, 3.63) is 0 Å². The molecule has 0 aliphatic carbocycles. The van der Waals surface area contributed by atoms with Gasteiger partial charge in [0, 0.05) is 0 Å². The van der Waals surface area contributed by atoms with E-state index in [9.17, 15) is 9.59 Å². The van der Waals surface area contributed by atoms with Crippen molar-refractivity contribution in [2.24, 2.45) is 5.41 Å². The van der Waals surface area contributed by atoms with E-state index in [1.807, 2.05) is 20.8 Å². The summed E-state index contributed by atoms with van der Waals surface area (Å²) >= 11 is 0. The molecule has 0 aromatic rings. The first kappa shape index (κ1) is 34.9. The van der Waals surface area contributed by atoms with Crippen molar-refractivity contribution in [3.63, 3.8) is 0 Å². The van der Waals surface area contributed by atoms with Crippen LogP contribution in [0.4, 0.5) is 0 Å². The van der Waals surface area contributed by atoms with E-state index in [0.29, 0.717) is 19.4 Å². The largest absolute Gasteiger partial charge is 0.465 e. The lowest BCUT2D eigenvalue weighted by molar-refractivity contribution is -0.176. The molecule has 0 bridgehead atoms. The maximum atomic E-state index is 12.9. The Morgan fingerprint density at radius 2 is 0.944 bits per heavy atom. The minimum absolute atomic E-state index is 0.157. The second-order valence-corrected chi connectivity index (χ2v) is 10.9. The molecule has 0 amide bonds. The van der Waals surface area contributed by atoms with E-state index in [-0.39, 0.29) is 6.10 Å². The van der Waals surface area contributed by atoms with Crippen LogP contribution < -0.4 is 0 Å². The minimum Gasteiger partial charge on any atom is -0.465 e. The predicted octanol–water partition coefficient (Wildman–Crippen LogP) is 10.1. The van der Waals surface area contributed by atoms with Crippen LogP contribution >= 0.6 is 0 Å². The van der Waals surface area contributed by atoms with Crippen molar-refractivity contribution >= 4 is 11.9 Å². The molecule has 0 fully saturated rings. The zero-order chi connectivity index (χ0) is 26.9. The maximum absolute atomic E-state index is 12.9. The third kappa shape index (κ3) is 16.6. The highest BCUT2D eigenvalue weighted by Crippen LogP contribution is 2.31. The first-order valence-corrected chi connectivity index (χ1v) is 15.9. The van der Waals surface area contributed by atoms with Crippen LogP contribution in [0.5, 0.6) is 0 Å². The van der Waals surface area contributed by atoms with Crippen LogP contribution in [0, 0.1) is 5.41 Å². The van der Waals surface area contributed by atoms with E-state index in [1.165, 1.54) is 96.3 Å². The normalized spacial score (nSPS) is 12.5. The average molecular weight is 511 g/mol. The second kappa shape index (κ2) is 24.3. The molecule has 0 aliphatic heterocycles. The summed E-state index contributed by atoms with van der Waals surface area (Å²) in [4.78, 5) is 25.8. The van der Waals surface area contributed by atoms with Gasteiger partial charge in [-0.25, -0.2) is 0 Å². The van der Waals surface area contributed by atoms with E-state index in [2.05, 4.69) is 13.8 Å². The molecule has 1 atom stereocenters. The highest BCUT2D eigenvalue weighted by atomic mass is 16.6. The smallest absolute Gasteiger partial charge is 0.323 e. The molecule has 0 rings (SSSR count). The van der Waals surface area contributed by atoms with Gasteiger partial charge in [-0.05, 0) is 39.0 Å². The third-order valence-corrected chi connectivity index (χ3v) is 7.74. The Balaban J connectivity index is 3.93. The fraction of sp³-hybridized carbons (Fsp3) is 0.938. The number of unbranched alkanes of at least 4 members (excludes halogenated alkanes) is 17. The van der Waals surface area contributed by atoms with Crippen LogP contribution in [-0.4, -0.2) is 24.6 Å². The van der Waals surface area contributed by atoms with Crippen molar-refractivity contribution in [3.8, 4) is 0 Å². The molecule has 0 aromatic carbocycles. The van der Waals surface area contributed by atoms with Crippen molar-refractivity contribution < 1.29 is 19.1 Å². The third-order valence-electron chi connectivity index (χ3n) is 7.74. The van der Waals surface area contributed by atoms with Gasteiger partial charge in [0.1, 0.15) is 0 Å². The minimum atomic E-state index is -1.16. The first-order valence-electron chi connectivity index (χ1n) is 15.9. The van der Waals surface area contributed by atoms with Gasteiger partial charge in [-0.2, -0.15) is 0 Å². The number of rotatable bonds is 26. The molecule has 4 nitrogen and oxygen atoms in total. The molecule has 0 N–H and O–H groups in total. The van der Waals surface area contributed by atoms with E-state index in [4.69, 9.17) is 9.47 Å². The first-order chi connectivity index (χ1) is 17.5. The summed E-state index contributed by atoms with van der Waals surface area (Å²) in [5.74, 6) is -0.807. The molecule has 0 saturated carbocycles. The Labute approximate surface area is 225 Å². The summed E-state index contributed by atoms with van der Waals surface area (Å²) in [6.07, 6.45) is 25.8. The van der Waals surface area contributed by atoms with Gasteiger partial charge in [-0.1, -0.05) is 137 Å². The lowest BCUT2D eigenvalue weighted by atomic mass is 9.82. The number of hydrogen-bond donors (Lipinski definition) is 0. The molecular formula is C32H62O4. The lowest BCUT2D eigenvalue weighted by Gasteiger charge is -2.28. The van der Waals surface area contributed by atoms with E-state index < -0.39 is 17.4 Å². The Bertz CT molecular complexity index is 512. The molecule has 0 spiro atoms. The SMILES string of the molecule is CCCCCCCCCCCCCCCCCOC(=O)C(CC)(CC)C(=O)OC(C)CCCCCC. The van der Waals surface area contributed by atoms with Crippen molar-refractivity contribution in [1.29, 1.82) is 0 Å². The van der Waals surface area contributed by atoms with Gasteiger partial charge in [0.05, 0.1) is 12.7 Å². The van der Waals surface area contributed by atoms with E-state index in [0.717, 1.165) is 32.1 Å². The second-order valence-electron chi connectivity index (χ2n) is 10.9. The Morgan fingerprint density at radius 3 is 1.36 bits per heavy atom. The van der Waals surface area contributed by atoms with Gasteiger partial charge in [-0.15, -0.1) is 0 Å². The monoisotopic (exact) mass is 510 g/mol. The zero-order valence-electron chi connectivity index (χ0n) is 25.0. The van der Waals surface area contributed by atoms with Gasteiger partial charge in [0.25, 0.3) is 0 Å². The maximum Gasteiger partial charge on any atom is 0.323 e. The molecular weight excluding hydrogens is 448 g/mol. The topological polar surface area (TPSA) is 52.6 Å². The number of hydrogen-bond acceptors (Lipinski definition) is 4. The highest BCUT2D eigenvalue weighted by Gasteiger charge is 2.46. The fourth-order valence-electron chi connectivity index (χ4n) is 4.90. The molecule has 0 heterocycles. The van der Waals surface area contributed by atoms with Crippen LogP contribution in [-0.2, 0) is 19.1 Å². The lowest BCUT2D eigenvalue weighted by Crippen LogP contribution is -2.42. The Kier molecular flexibility index (Phi) is 23.6. The van der Waals surface area contributed by atoms with Crippen LogP contribution in [0.2, 0.25) is 0 Å². The molecule has 0 saturated heterocycles. The van der Waals surface area contributed by atoms with Gasteiger partial charge in [0.15, 0.2) is 5.41 Å². The molecule has 36 heavy (non-hydrogen) atoms. The van der Waals surface area contributed by atoms with Gasteiger partial charge < -0.3 is 9.47 Å². The number of carbonyl (C=O) groups excluding carboxylic acids is 2. The predicted molar refractivity (Wildman–Crippen MR) is 153 cm³/mol. The molecule has 1 unspecified atom stereocenters. The summed E-state index contributed by atoms with van der Waals surface area (Å²) in [6.45, 7) is 10.6. The van der Waals surface area contributed by atoms with Crippen LogP contribution in [0.25, 0.3) is 0 Å². The van der Waals surface area contributed by atoms with Crippen LogP contribution in [0.3, 0.4) is 0 Å². The van der Waals surface area contributed by atoms with Crippen molar-refractivity contribution in [1.82, 2.24) is 0 Å². The summed E-state index contributed by atoms with van der Waals surface area (Å²) in [5, 5.41) is 0. The Hall–Kier alpha value is -1.06. The van der Waals surface area contributed by atoms with Crippen molar-refractivity contribution in [2.45, 2.75) is 182 Å². The molecule has 4 heteroatoms. The summed E-state index contributed by atoms with van der Waals surface area (Å²) in [5.41, 5.74) is -1.16. The summed E-state index contributed by atoms with van der Waals surface area (Å²) in [6, 6.07) is 0.